The summed E-state index contributed by atoms with van der Waals surface area (Å²) in [5.74, 6) is -0.0686. The molecule has 1 aliphatic rings. The molecule has 0 spiro atoms. The van der Waals surface area contributed by atoms with Gasteiger partial charge in [0.15, 0.2) is 0 Å². The molecule has 5 heteroatoms. The molecular formula is C16H25NO4. The average molecular weight is 295 g/mol. The third-order valence-corrected chi connectivity index (χ3v) is 3.28. The van der Waals surface area contributed by atoms with Gasteiger partial charge in [-0.1, -0.05) is 30.3 Å². The van der Waals surface area contributed by atoms with E-state index < -0.39 is 0 Å². The van der Waals surface area contributed by atoms with Gasteiger partial charge in [0, 0.05) is 6.54 Å². The van der Waals surface area contributed by atoms with Crippen LogP contribution in [-0.2, 0) is 21.0 Å². The average Bonchev–Trinajstić information content (AvgIpc) is 2.97. The van der Waals surface area contributed by atoms with Crippen molar-refractivity contribution in [1.82, 2.24) is 4.90 Å². The van der Waals surface area contributed by atoms with Gasteiger partial charge >= 0.3 is 5.97 Å². The summed E-state index contributed by atoms with van der Waals surface area (Å²) in [5.41, 5.74) is 1.25. The molecule has 1 fully saturated rings. The van der Waals surface area contributed by atoms with Crippen molar-refractivity contribution in [2.75, 3.05) is 19.8 Å². The minimum Gasteiger partial charge on any atom is -0.465 e. The highest BCUT2D eigenvalue weighted by Crippen LogP contribution is 2.21. The van der Waals surface area contributed by atoms with Gasteiger partial charge in [-0.05, 0) is 38.8 Å². The van der Waals surface area contributed by atoms with E-state index in [2.05, 4.69) is 21.9 Å². The summed E-state index contributed by atoms with van der Waals surface area (Å²) in [5, 5.41) is 7.38. The summed E-state index contributed by atoms with van der Waals surface area (Å²) < 4.78 is 5.11. The quantitative estimate of drug-likeness (QED) is 0.514. The van der Waals surface area contributed by atoms with Gasteiger partial charge in [0.1, 0.15) is 6.04 Å². The molecule has 1 saturated heterocycles. The Bertz CT molecular complexity index is 395. The minimum absolute atomic E-state index is 0.0462. The van der Waals surface area contributed by atoms with Gasteiger partial charge in [0.05, 0.1) is 13.2 Å². The van der Waals surface area contributed by atoms with E-state index in [1.54, 1.807) is 6.92 Å². The van der Waals surface area contributed by atoms with Crippen LogP contribution in [-0.4, -0.2) is 41.9 Å². The number of carbonyl (C=O) groups excluding carboxylic acids is 1. The predicted octanol–water partition coefficient (Wildman–Crippen LogP) is 2.71. The molecule has 0 bridgehead atoms. The molecule has 1 aliphatic heterocycles. The first-order valence-corrected chi connectivity index (χ1v) is 7.43. The number of hydrogen-bond acceptors (Lipinski definition) is 5. The third-order valence-electron chi connectivity index (χ3n) is 3.28. The maximum Gasteiger partial charge on any atom is 0.323 e. The van der Waals surface area contributed by atoms with Crippen LogP contribution in [0.25, 0.3) is 0 Å². The zero-order chi connectivity index (χ0) is 15.5. The standard InChI is InChI=1S/C14H19NO2.C2H6O2/c1-2-17-14(16)13-9-6-10-15(13)11-12-7-4-3-5-8-12;1-2-4-3/h3-5,7-8,13H,2,6,9-11H2,1H3;3H,2H2,1H3/t13-;/m0./s1. The van der Waals surface area contributed by atoms with E-state index in [0.717, 1.165) is 25.9 Å². The van der Waals surface area contributed by atoms with Crippen LogP contribution in [0.5, 0.6) is 0 Å². The number of likely N-dealkylation sites (tertiary alicyclic amines) is 1. The van der Waals surface area contributed by atoms with Gasteiger partial charge < -0.3 is 4.74 Å². The summed E-state index contributed by atoms with van der Waals surface area (Å²) in [6.45, 7) is 6.23. The second-order valence-electron chi connectivity index (χ2n) is 4.78. The molecule has 0 radical (unpaired) electrons. The van der Waals surface area contributed by atoms with Crippen molar-refractivity contribution >= 4 is 5.97 Å². The van der Waals surface area contributed by atoms with Crippen molar-refractivity contribution < 1.29 is 19.7 Å². The second-order valence-corrected chi connectivity index (χ2v) is 4.78. The lowest BCUT2D eigenvalue weighted by Gasteiger charge is -2.22. The van der Waals surface area contributed by atoms with Crippen LogP contribution in [0.15, 0.2) is 30.3 Å². The van der Waals surface area contributed by atoms with Crippen molar-refractivity contribution in [3.63, 3.8) is 0 Å². The van der Waals surface area contributed by atoms with E-state index in [-0.39, 0.29) is 12.0 Å². The van der Waals surface area contributed by atoms with Crippen LogP contribution in [0.1, 0.15) is 32.3 Å². The fourth-order valence-corrected chi connectivity index (χ4v) is 2.34. The van der Waals surface area contributed by atoms with Crippen LogP contribution in [0.2, 0.25) is 0 Å². The van der Waals surface area contributed by atoms with Crippen molar-refractivity contribution in [3.05, 3.63) is 35.9 Å². The van der Waals surface area contributed by atoms with E-state index in [0.29, 0.717) is 13.2 Å². The highest BCUT2D eigenvalue weighted by atomic mass is 17.1. The summed E-state index contributed by atoms with van der Waals surface area (Å²) in [7, 11) is 0. The predicted molar refractivity (Wildman–Crippen MR) is 80.8 cm³/mol. The van der Waals surface area contributed by atoms with E-state index in [1.165, 1.54) is 5.56 Å². The molecule has 21 heavy (non-hydrogen) atoms. The largest absolute Gasteiger partial charge is 0.465 e. The first-order valence-electron chi connectivity index (χ1n) is 7.43. The third kappa shape index (κ3) is 6.25. The smallest absolute Gasteiger partial charge is 0.323 e. The topological polar surface area (TPSA) is 59.0 Å². The molecule has 0 aromatic heterocycles. The molecule has 0 unspecified atom stereocenters. The Balaban J connectivity index is 0.000000491. The molecule has 1 aromatic rings. The number of benzene rings is 1. The Morgan fingerprint density at radius 1 is 1.29 bits per heavy atom. The van der Waals surface area contributed by atoms with Gasteiger partial charge in [-0.3, -0.25) is 15.0 Å². The summed E-state index contributed by atoms with van der Waals surface area (Å²) in [6, 6.07) is 10.2. The number of ether oxygens (including phenoxy) is 1. The maximum absolute atomic E-state index is 11.8. The highest BCUT2D eigenvalue weighted by Gasteiger charge is 2.31. The Morgan fingerprint density at radius 3 is 2.52 bits per heavy atom. The van der Waals surface area contributed by atoms with Crippen molar-refractivity contribution in [2.24, 2.45) is 0 Å². The zero-order valence-electron chi connectivity index (χ0n) is 12.8. The van der Waals surface area contributed by atoms with E-state index in [4.69, 9.17) is 9.99 Å². The Morgan fingerprint density at radius 2 is 1.95 bits per heavy atom. The van der Waals surface area contributed by atoms with E-state index >= 15 is 0 Å². The molecule has 0 aliphatic carbocycles. The number of nitrogens with zero attached hydrogens (tertiary/aromatic N) is 1. The summed E-state index contributed by atoms with van der Waals surface area (Å²) in [4.78, 5) is 17.5. The van der Waals surface area contributed by atoms with E-state index in [9.17, 15) is 4.79 Å². The SMILES string of the molecule is CCOC(=O)[C@@H]1CCCN1Cc1ccccc1.CCOO. The summed E-state index contributed by atoms with van der Waals surface area (Å²) >= 11 is 0. The lowest BCUT2D eigenvalue weighted by Crippen LogP contribution is -2.36. The van der Waals surface area contributed by atoms with Crippen molar-refractivity contribution in [3.8, 4) is 0 Å². The van der Waals surface area contributed by atoms with Crippen LogP contribution in [0, 0.1) is 0 Å². The first kappa shape index (κ1) is 17.6. The molecule has 0 saturated carbocycles. The second kappa shape index (κ2) is 10.3. The molecule has 1 heterocycles. The van der Waals surface area contributed by atoms with Crippen LogP contribution >= 0.6 is 0 Å². The van der Waals surface area contributed by atoms with Crippen LogP contribution < -0.4 is 0 Å². The zero-order valence-corrected chi connectivity index (χ0v) is 12.8. The molecule has 0 amide bonds. The molecule has 1 N–H and O–H groups in total. The fourth-order valence-electron chi connectivity index (χ4n) is 2.34. The Hall–Kier alpha value is -1.43. The molecule has 1 atom stereocenters. The minimum atomic E-state index is -0.0686. The molecule has 118 valence electrons. The molecular weight excluding hydrogens is 270 g/mol. The monoisotopic (exact) mass is 295 g/mol. The van der Waals surface area contributed by atoms with Crippen molar-refractivity contribution in [2.45, 2.75) is 39.3 Å². The molecule has 2 rings (SSSR count). The highest BCUT2D eigenvalue weighted by molar-refractivity contribution is 5.76. The van der Waals surface area contributed by atoms with Gasteiger partial charge in [-0.2, -0.15) is 0 Å². The van der Waals surface area contributed by atoms with Gasteiger partial charge in [0.25, 0.3) is 0 Å². The van der Waals surface area contributed by atoms with E-state index in [1.807, 2.05) is 25.1 Å². The lowest BCUT2D eigenvalue weighted by molar-refractivity contribution is -0.237. The Kier molecular flexibility index (Phi) is 8.66. The molecule has 1 aromatic carbocycles. The number of esters is 1. The normalized spacial score (nSPS) is 18.0. The van der Waals surface area contributed by atoms with Crippen molar-refractivity contribution in [1.29, 1.82) is 0 Å². The van der Waals surface area contributed by atoms with Gasteiger partial charge in [-0.25, -0.2) is 4.89 Å². The number of hydrogen-bond donors (Lipinski definition) is 1. The number of carbonyl (C=O) groups is 1. The van der Waals surface area contributed by atoms with Crippen LogP contribution in [0.4, 0.5) is 0 Å². The van der Waals surface area contributed by atoms with Crippen LogP contribution in [0.3, 0.4) is 0 Å². The molecule has 5 nitrogen and oxygen atoms in total. The maximum atomic E-state index is 11.8. The fraction of sp³-hybridized carbons (Fsp3) is 0.562. The van der Waals surface area contributed by atoms with Gasteiger partial charge in [-0.15, -0.1) is 0 Å². The van der Waals surface area contributed by atoms with Gasteiger partial charge in [0.2, 0.25) is 0 Å². The number of rotatable bonds is 5. The summed E-state index contributed by atoms with van der Waals surface area (Å²) in [6.07, 6.45) is 2.00. The lowest BCUT2D eigenvalue weighted by atomic mass is 10.2. The Labute approximate surface area is 126 Å². The first-order chi connectivity index (χ1) is 10.2.